The molecule has 16 heavy (non-hydrogen) atoms. The second-order valence-electron chi connectivity index (χ2n) is 4.73. The van der Waals surface area contributed by atoms with Crippen molar-refractivity contribution in [1.29, 1.82) is 0 Å². The lowest BCUT2D eigenvalue weighted by atomic mass is 9.77. The van der Waals surface area contributed by atoms with Gasteiger partial charge in [-0.3, -0.25) is 4.79 Å². The van der Waals surface area contributed by atoms with E-state index in [1.807, 2.05) is 0 Å². The average molecular weight is 229 g/mol. The molecule has 4 nitrogen and oxygen atoms in total. The van der Waals surface area contributed by atoms with Crippen molar-refractivity contribution in [3.8, 4) is 0 Å². The van der Waals surface area contributed by atoms with Gasteiger partial charge in [-0.2, -0.15) is 0 Å². The van der Waals surface area contributed by atoms with Crippen LogP contribution in [0, 0.1) is 5.92 Å². The summed E-state index contributed by atoms with van der Waals surface area (Å²) in [5.41, 5.74) is 5.52. The van der Waals surface area contributed by atoms with Crippen molar-refractivity contribution in [3.63, 3.8) is 0 Å². The van der Waals surface area contributed by atoms with E-state index < -0.39 is 5.97 Å². The van der Waals surface area contributed by atoms with E-state index >= 15 is 0 Å². The Labute approximate surface area is 97.2 Å². The molecule has 94 valence electrons. The summed E-state index contributed by atoms with van der Waals surface area (Å²) in [6, 6.07) is 0. The molecule has 1 saturated carbocycles. The molecule has 0 aromatic heterocycles. The van der Waals surface area contributed by atoms with Gasteiger partial charge in [0, 0.05) is 6.54 Å². The van der Waals surface area contributed by atoms with Crippen molar-refractivity contribution in [2.45, 2.75) is 51.0 Å². The van der Waals surface area contributed by atoms with Gasteiger partial charge >= 0.3 is 5.97 Å². The predicted molar refractivity (Wildman–Crippen MR) is 62.2 cm³/mol. The van der Waals surface area contributed by atoms with Crippen molar-refractivity contribution >= 4 is 5.97 Å². The van der Waals surface area contributed by atoms with Gasteiger partial charge in [-0.25, -0.2) is 0 Å². The van der Waals surface area contributed by atoms with E-state index in [2.05, 4.69) is 6.92 Å². The molecular formula is C12H23NO3. The average Bonchev–Trinajstić information content (AvgIpc) is 2.29. The summed E-state index contributed by atoms with van der Waals surface area (Å²) in [6.45, 7) is 3.00. The number of carboxylic acid groups (broad SMARTS) is 1. The molecule has 0 atom stereocenters. The summed E-state index contributed by atoms with van der Waals surface area (Å²) in [6.07, 6.45) is 5.54. The number of hydrogen-bond acceptors (Lipinski definition) is 3. The van der Waals surface area contributed by atoms with Gasteiger partial charge in [-0.05, 0) is 31.6 Å². The van der Waals surface area contributed by atoms with Crippen LogP contribution in [0.1, 0.15) is 45.4 Å². The molecule has 0 bridgehead atoms. The molecule has 0 saturated heterocycles. The molecular weight excluding hydrogens is 206 g/mol. The maximum atomic E-state index is 10.4. The first kappa shape index (κ1) is 13.5. The Balaban J connectivity index is 2.37. The molecule has 0 unspecified atom stereocenters. The third kappa shape index (κ3) is 3.76. The number of carboxylic acids is 1. The van der Waals surface area contributed by atoms with E-state index in [1.54, 1.807) is 0 Å². The Hall–Kier alpha value is -0.610. The molecule has 0 aliphatic heterocycles. The highest BCUT2D eigenvalue weighted by atomic mass is 16.5. The number of aliphatic carboxylic acids is 1. The van der Waals surface area contributed by atoms with Crippen LogP contribution < -0.4 is 5.73 Å². The molecule has 0 spiro atoms. The Morgan fingerprint density at radius 2 is 2.12 bits per heavy atom. The molecule has 0 amide bonds. The van der Waals surface area contributed by atoms with Gasteiger partial charge in [-0.15, -0.1) is 0 Å². The van der Waals surface area contributed by atoms with Crippen molar-refractivity contribution < 1.29 is 14.6 Å². The van der Waals surface area contributed by atoms with Crippen LogP contribution in [0.4, 0.5) is 0 Å². The predicted octanol–water partition coefficient (Wildman–Crippen LogP) is 1.78. The summed E-state index contributed by atoms with van der Waals surface area (Å²) in [7, 11) is 0. The minimum Gasteiger partial charge on any atom is -0.481 e. The molecule has 0 aromatic carbocycles. The lowest BCUT2D eigenvalue weighted by Gasteiger charge is -2.39. The number of hydrogen-bond donors (Lipinski definition) is 2. The van der Waals surface area contributed by atoms with Gasteiger partial charge < -0.3 is 15.6 Å². The zero-order valence-corrected chi connectivity index (χ0v) is 10.1. The highest BCUT2D eigenvalue weighted by Gasteiger charge is 2.34. The molecule has 3 N–H and O–H groups in total. The van der Waals surface area contributed by atoms with Crippen LogP contribution in [-0.4, -0.2) is 29.8 Å². The number of carbonyl (C=O) groups is 1. The highest BCUT2D eigenvalue weighted by Crippen LogP contribution is 2.35. The third-order valence-electron chi connectivity index (χ3n) is 3.69. The minimum atomic E-state index is -0.811. The van der Waals surface area contributed by atoms with Crippen molar-refractivity contribution in [3.05, 3.63) is 0 Å². The molecule has 0 aromatic rings. The summed E-state index contributed by atoms with van der Waals surface area (Å²) < 4.78 is 5.72. The van der Waals surface area contributed by atoms with Crippen LogP contribution in [0.5, 0.6) is 0 Å². The third-order valence-corrected chi connectivity index (χ3v) is 3.69. The molecule has 0 heterocycles. The Morgan fingerprint density at radius 1 is 1.50 bits per heavy atom. The van der Waals surface area contributed by atoms with Gasteiger partial charge in [0.15, 0.2) is 0 Å². The lowest BCUT2D eigenvalue weighted by molar-refractivity contribution is -0.141. The van der Waals surface area contributed by atoms with Gasteiger partial charge in [0.25, 0.3) is 0 Å². The van der Waals surface area contributed by atoms with Crippen LogP contribution >= 0.6 is 0 Å². The zero-order valence-electron chi connectivity index (χ0n) is 10.1. The minimum absolute atomic E-state index is 0.0684. The fourth-order valence-electron chi connectivity index (χ4n) is 2.37. The first-order chi connectivity index (χ1) is 7.62. The van der Waals surface area contributed by atoms with E-state index in [1.165, 1.54) is 6.42 Å². The van der Waals surface area contributed by atoms with Crippen LogP contribution in [0.3, 0.4) is 0 Å². The standard InChI is InChI=1S/C12H23NO3/c1-2-10-3-6-12(9-13,7-4-10)16-8-5-11(14)15/h10H,2-9,13H2,1H3,(H,14,15). The van der Waals surface area contributed by atoms with Crippen LogP contribution in [0.15, 0.2) is 0 Å². The topological polar surface area (TPSA) is 72.5 Å². The van der Waals surface area contributed by atoms with E-state index in [0.717, 1.165) is 31.6 Å². The van der Waals surface area contributed by atoms with Crippen molar-refractivity contribution in [2.75, 3.05) is 13.2 Å². The second kappa shape index (κ2) is 6.21. The molecule has 1 fully saturated rings. The van der Waals surface area contributed by atoms with Crippen molar-refractivity contribution in [2.24, 2.45) is 11.7 Å². The van der Waals surface area contributed by atoms with Gasteiger partial charge in [-0.1, -0.05) is 13.3 Å². The molecule has 1 aliphatic rings. The second-order valence-corrected chi connectivity index (χ2v) is 4.73. The lowest BCUT2D eigenvalue weighted by Crippen LogP contribution is -2.44. The van der Waals surface area contributed by atoms with Crippen molar-refractivity contribution in [1.82, 2.24) is 0 Å². The number of ether oxygens (including phenoxy) is 1. The number of rotatable bonds is 6. The van der Waals surface area contributed by atoms with Gasteiger partial charge in [0.2, 0.25) is 0 Å². The summed E-state index contributed by atoms with van der Waals surface area (Å²) in [5.74, 6) is -0.0165. The first-order valence-corrected chi connectivity index (χ1v) is 6.17. The highest BCUT2D eigenvalue weighted by molar-refractivity contribution is 5.66. The monoisotopic (exact) mass is 229 g/mol. The van der Waals surface area contributed by atoms with Crippen LogP contribution in [0.2, 0.25) is 0 Å². The summed E-state index contributed by atoms with van der Waals surface area (Å²) in [5, 5.41) is 8.57. The largest absolute Gasteiger partial charge is 0.481 e. The SMILES string of the molecule is CCC1CCC(CN)(OCCC(=O)O)CC1. The molecule has 1 aliphatic carbocycles. The molecule has 0 radical (unpaired) electrons. The Bertz CT molecular complexity index is 222. The summed E-state index contributed by atoms with van der Waals surface area (Å²) in [4.78, 5) is 10.4. The quantitative estimate of drug-likeness (QED) is 0.728. The normalized spacial score (nSPS) is 30.2. The van der Waals surface area contributed by atoms with Crippen LogP contribution in [0.25, 0.3) is 0 Å². The Kier molecular flexibility index (Phi) is 5.22. The van der Waals surface area contributed by atoms with E-state index in [9.17, 15) is 4.79 Å². The molecule has 1 rings (SSSR count). The first-order valence-electron chi connectivity index (χ1n) is 6.17. The summed E-state index contributed by atoms with van der Waals surface area (Å²) >= 11 is 0. The molecule has 4 heteroatoms. The number of nitrogens with two attached hydrogens (primary N) is 1. The zero-order chi connectivity index (χ0) is 12.0. The Morgan fingerprint density at radius 3 is 2.56 bits per heavy atom. The van der Waals surface area contributed by atoms with Gasteiger partial charge in [0.05, 0.1) is 18.6 Å². The fourth-order valence-corrected chi connectivity index (χ4v) is 2.37. The fraction of sp³-hybridized carbons (Fsp3) is 0.917. The maximum absolute atomic E-state index is 10.4. The van der Waals surface area contributed by atoms with E-state index in [4.69, 9.17) is 15.6 Å². The maximum Gasteiger partial charge on any atom is 0.305 e. The van der Waals surface area contributed by atoms with E-state index in [-0.39, 0.29) is 18.6 Å². The van der Waals surface area contributed by atoms with E-state index in [0.29, 0.717) is 6.54 Å². The van der Waals surface area contributed by atoms with Crippen LogP contribution in [-0.2, 0) is 9.53 Å². The smallest absolute Gasteiger partial charge is 0.305 e. The van der Waals surface area contributed by atoms with Gasteiger partial charge in [0.1, 0.15) is 0 Å².